The molecular weight excluding hydrogens is 262 g/mol. The van der Waals surface area contributed by atoms with Crippen LogP contribution in [-0.2, 0) is 14.6 Å². The molecule has 0 amide bonds. The van der Waals surface area contributed by atoms with Crippen molar-refractivity contribution in [2.45, 2.75) is 43.6 Å². The van der Waals surface area contributed by atoms with E-state index >= 15 is 0 Å². The van der Waals surface area contributed by atoms with E-state index in [4.69, 9.17) is 10.5 Å². The molecule has 19 heavy (non-hydrogen) atoms. The number of ether oxygens (including phenoxy) is 1. The van der Waals surface area contributed by atoms with Gasteiger partial charge < -0.3 is 10.5 Å². The fourth-order valence-electron chi connectivity index (χ4n) is 2.43. The number of nitrogens with two attached hydrogens (primary N) is 1. The molecule has 1 aliphatic rings. The molecule has 0 spiro atoms. The number of benzene rings is 1. The summed E-state index contributed by atoms with van der Waals surface area (Å²) in [5, 5.41) is 0. The lowest BCUT2D eigenvalue weighted by Crippen LogP contribution is -2.12. The Labute approximate surface area is 114 Å². The highest BCUT2D eigenvalue weighted by Gasteiger charge is 2.20. The van der Waals surface area contributed by atoms with Crippen molar-refractivity contribution in [3.8, 4) is 0 Å². The number of hydrogen-bond donors (Lipinski definition) is 1. The summed E-state index contributed by atoms with van der Waals surface area (Å²) in [6, 6.07) is 5.09. The van der Waals surface area contributed by atoms with Crippen molar-refractivity contribution in [1.29, 1.82) is 0 Å². The van der Waals surface area contributed by atoms with Gasteiger partial charge in [-0.1, -0.05) is 6.07 Å². The second-order valence-corrected chi connectivity index (χ2v) is 7.21. The van der Waals surface area contributed by atoms with Gasteiger partial charge >= 0.3 is 0 Å². The molecule has 0 radical (unpaired) electrons. The van der Waals surface area contributed by atoms with E-state index in [0.717, 1.165) is 31.4 Å². The highest BCUT2D eigenvalue weighted by Crippen LogP contribution is 2.23. The zero-order valence-corrected chi connectivity index (χ0v) is 12.1. The van der Waals surface area contributed by atoms with Gasteiger partial charge in [-0.15, -0.1) is 0 Å². The molecule has 1 aromatic carbocycles. The fraction of sp³-hybridized carbons (Fsp3) is 0.571. The maximum Gasteiger partial charge on any atom is 0.180 e. The third-order valence-corrected chi connectivity index (χ3v) is 5.33. The summed E-state index contributed by atoms with van der Waals surface area (Å²) >= 11 is 0. The predicted octanol–water partition coefficient (Wildman–Crippen LogP) is 2.31. The van der Waals surface area contributed by atoms with E-state index in [1.165, 1.54) is 0 Å². The number of anilines is 1. The molecule has 5 heteroatoms. The van der Waals surface area contributed by atoms with Gasteiger partial charge in [-0.2, -0.15) is 0 Å². The summed E-state index contributed by atoms with van der Waals surface area (Å²) in [7, 11) is -3.28. The molecule has 1 saturated heterocycles. The molecule has 1 aromatic rings. The Morgan fingerprint density at radius 2 is 2.21 bits per heavy atom. The summed E-state index contributed by atoms with van der Waals surface area (Å²) in [6.45, 7) is 2.70. The Balaban J connectivity index is 1.97. The van der Waals surface area contributed by atoms with Gasteiger partial charge in [-0.25, -0.2) is 8.42 Å². The second kappa shape index (κ2) is 5.92. The second-order valence-electron chi connectivity index (χ2n) is 5.14. The van der Waals surface area contributed by atoms with Gasteiger partial charge in [0, 0.05) is 6.61 Å². The lowest BCUT2D eigenvalue weighted by Gasteiger charge is -2.10. The Bertz CT molecular complexity index is 534. The lowest BCUT2D eigenvalue weighted by atomic mass is 10.1. The smallest absolute Gasteiger partial charge is 0.180 e. The van der Waals surface area contributed by atoms with Crippen molar-refractivity contribution in [3.63, 3.8) is 0 Å². The van der Waals surface area contributed by atoms with Crippen molar-refractivity contribution < 1.29 is 13.2 Å². The molecule has 0 bridgehead atoms. The molecule has 1 aliphatic heterocycles. The highest BCUT2D eigenvalue weighted by atomic mass is 32.2. The first-order chi connectivity index (χ1) is 8.99. The molecule has 4 nitrogen and oxygen atoms in total. The molecule has 0 aliphatic carbocycles. The van der Waals surface area contributed by atoms with Crippen molar-refractivity contribution in [2.75, 3.05) is 18.1 Å². The van der Waals surface area contributed by atoms with E-state index in [9.17, 15) is 8.42 Å². The molecule has 106 valence electrons. The quantitative estimate of drug-likeness (QED) is 0.842. The zero-order chi connectivity index (χ0) is 13.9. The van der Waals surface area contributed by atoms with Gasteiger partial charge in [0.2, 0.25) is 0 Å². The number of nitrogen functional groups attached to an aromatic ring is 1. The molecule has 2 N–H and O–H groups in total. The minimum atomic E-state index is -3.28. The van der Waals surface area contributed by atoms with Crippen molar-refractivity contribution in [3.05, 3.63) is 23.8 Å². The van der Waals surface area contributed by atoms with Gasteiger partial charge in [0.05, 0.1) is 22.4 Å². The van der Waals surface area contributed by atoms with E-state index in [2.05, 4.69) is 0 Å². The van der Waals surface area contributed by atoms with Crippen LogP contribution in [0.3, 0.4) is 0 Å². The maximum atomic E-state index is 12.2. The van der Waals surface area contributed by atoms with Crippen LogP contribution in [0.2, 0.25) is 0 Å². The van der Waals surface area contributed by atoms with Gasteiger partial charge in [-0.05, 0) is 50.3 Å². The van der Waals surface area contributed by atoms with E-state index in [1.807, 2.05) is 6.92 Å². The molecular formula is C14H21NO3S. The summed E-state index contributed by atoms with van der Waals surface area (Å²) in [6.07, 6.45) is 3.81. The normalized spacial score (nSPS) is 19.7. The van der Waals surface area contributed by atoms with Gasteiger partial charge in [0.25, 0.3) is 0 Å². The Kier molecular flexibility index (Phi) is 4.47. The van der Waals surface area contributed by atoms with Crippen LogP contribution in [0.25, 0.3) is 0 Å². The predicted molar refractivity (Wildman–Crippen MR) is 75.9 cm³/mol. The molecule has 2 rings (SSSR count). The first-order valence-corrected chi connectivity index (χ1v) is 8.35. The number of aryl methyl sites for hydroxylation is 1. The minimum Gasteiger partial charge on any atom is -0.398 e. The molecule has 1 atom stereocenters. The first kappa shape index (κ1) is 14.3. The highest BCUT2D eigenvalue weighted by molar-refractivity contribution is 7.91. The van der Waals surface area contributed by atoms with Gasteiger partial charge in [-0.3, -0.25) is 0 Å². The molecule has 1 unspecified atom stereocenters. The van der Waals surface area contributed by atoms with E-state index in [1.54, 1.807) is 18.2 Å². The fourth-order valence-corrected chi connectivity index (χ4v) is 3.89. The first-order valence-electron chi connectivity index (χ1n) is 6.69. The van der Waals surface area contributed by atoms with Crippen LogP contribution in [0.15, 0.2) is 23.1 Å². The Hall–Kier alpha value is -1.07. The summed E-state index contributed by atoms with van der Waals surface area (Å²) in [5.41, 5.74) is 7.11. The molecule has 0 saturated carbocycles. The number of rotatable bonds is 5. The summed E-state index contributed by atoms with van der Waals surface area (Å²) in [4.78, 5) is 0.255. The largest absolute Gasteiger partial charge is 0.398 e. The zero-order valence-electron chi connectivity index (χ0n) is 11.3. The van der Waals surface area contributed by atoms with Crippen LogP contribution in [0.5, 0.6) is 0 Å². The van der Waals surface area contributed by atoms with Crippen molar-refractivity contribution in [2.24, 2.45) is 0 Å². The topological polar surface area (TPSA) is 69.4 Å². The van der Waals surface area contributed by atoms with Crippen LogP contribution >= 0.6 is 0 Å². The van der Waals surface area contributed by atoms with Crippen LogP contribution in [0.1, 0.15) is 31.2 Å². The third kappa shape index (κ3) is 3.70. The van der Waals surface area contributed by atoms with Crippen LogP contribution in [0, 0.1) is 6.92 Å². The summed E-state index contributed by atoms with van der Waals surface area (Å²) in [5.74, 6) is 0.139. The monoisotopic (exact) mass is 283 g/mol. The van der Waals surface area contributed by atoms with Crippen LogP contribution in [0.4, 0.5) is 5.69 Å². The van der Waals surface area contributed by atoms with Gasteiger partial charge in [0.1, 0.15) is 0 Å². The SMILES string of the molecule is Cc1ccc(S(=O)(=O)CCCC2CCCO2)c(N)c1. The van der Waals surface area contributed by atoms with Crippen LogP contribution in [-0.4, -0.2) is 26.9 Å². The van der Waals surface area contributed by atoms with Gasteiger partial charge in [0.15, 0.2) is 9.84 Å². The third-order valence-electron chi connectivity index (χ3n) is 3.46. The minimum absolute atomic E-state index is 0.139. The lowest BCUT2D eigenvalue weighted by molar-refractivity contribution is 0.104. The number of hydrogen-bond acceptors (Lipinski definition) is 4. The molecule has 0 aromatic heterocycles. The maximum absolute atomic E-state index is 12.2. The summed E-state index contributed by atoms with van der Waals surface area (Å²) < 4.78 is 29.9. The standard InChI is InChI=1S/C14H21NO3S/c1-11-6-7-14(13(15)10-11)19(16,17)9-3-5-12-4-2-8-18-12/h6-7,10,12H,2-5,8-9,15H2,1H3. The number of sulfone groups is 1. The average molecular weight is 283 g/mol. The van der Waals surface area contributed by atoms with E-state index < -0.39 is 9.84 Å². The molecule has 1 fully saturated rings. The van der Waals surface area contributed by atoms with Crippen molar-refractivity contribution >= 4 is 15.5 Å². The van der Waals surface area contributed by atoms with Crippen LogP contribution < -0.4 is 5.73 Å². The molecule has 1 heterocycles. The Morgan fingerprint density at radius 1 is 1.42 bits per heavy atom. The van der Waals surface area contributed by atoms with Crippen molar-refractivity contribution in [1.82, 2.24) is 0 Å². The van der Waals surface area contributed by atoms with E-state index in [-0.39, 0.29) is 16.8 Å². The van der Waals surface area contributed by atoms with E-state index in [0.29, 0.717) is 12.1 Å². The Morgan fingerprint density at radius 3 is 2.84 bits per heavy atom. The average Bonchev–Trinajstić information content (AvgIpc) is 2.81.